The Bertz CT molecular complexity index is 991. The lowest BCUT2D eigenvalue weighted by molar-refractivity contribution is -0.140. The van der Waals surface area contributed by atoms with Crippen molar-refractivity contribution in [1.29, 1.82) is 0 Å². The van der Waals surface area contributed by atoms with Crippen LogP contribution in [0, 0.1) is 23.7 Å². The molecule has 0 aromatic rings. The molecule has 0 amide bonds. The van der Waals surface area contributed by atoms with E-state index in [4.69, 9.17) is 40.9 Å². The van der Waals surface area contributed by atoms with Crippen LogP contribution in [0.15, 0.2) is 0 Å². The van der Waals surface area contributed by atoms with Gasteiger partial charge in [-0.2, -0.15) is 0 Å². The lowest BCUT2D eigenvalue weighted by Crippen LogP contribution is -2.15. The van der Waals surface area contributed by atoms with Crippen LogP contribution in [0.1, 0.15) is 199 Å². The van der Waals surface area contributed by atoms with E-state index >= 15 is 0 Å². The average molecular weight is 1090 g/mol. The zero-order valence-electron chi connectivity index (χ0n) is 44.3. The smallest absolute Gasteiger partial charge is 0.306 e. The Hall–Kier alpha value is 2.27. The molecule has 0 heterocycles. The molecule has 0 rings (SSSR count). The Labute approximate surface area is 428 Å². The molecule has 0 aliphatic heterocycles. The van der Waals surface area contributed by atoms with Crippen LogP contribution in [0.5, 0.6) is 0 Å². The second-order valence-electron chi connectivity index (χ2n) is 17.7. The molecule has 8 unspecified atom stereocenters. The van der Waals surface area contributed by atoms with Gasteiger partial charge in [0.2, 0.25) is 30.3 Å². The topological polar surface area (TPSA) is 100 Å². The molecule has 0 N–H and O–H groups in total. The van der Waals surface area contributed by atoms with Crippen molar-refractivity contribution in [2.45, 2.75) is 224 Å². The first kappa shape index (κ1) is 68.3. The minimum atomic E-state index is -1.35. The molecule has 0 aromatic carbocycles. The van der Waals surface area contributed by atoms with Crippen LogP contribution in [0.3, 0.4) is 0 Å². The van der Waals surface area contributed by atoms with Crippen molar-refractivity contribution in [3.8, 4) is 0 Å². The highest BCUT2D eigenvalue weighted by Crippen LogP contribution is 2.60. The fourth-order valence-electron chi connectivity index (χ4n) is 6.16. The molecule has 0 spiro atoms. The number of hydrogen-bond donors (Lipinski definition) is 0. The number of hydrogen-bond acceptors (Lipinski definition) is 14. The summed E-state index contributed by atoms with van der Waals surface area (Å²) in [6.07, 6.45) is 19.0. The molecular weight excluding hydrogens is 989 g/mol. The third-order valence-electron chi connectivity index (χ3n) is 10.9. The van der Waals surface area contributed by atoms with E-state index in [9.17, 15) is 4.79 Å². The van der Waals surface area contributed by atoms with Gasteiger partial charge in [0.15, 0.2) is 0 Å². The van der Waals surface area contributed by atoms with Crippen LogP contribution in [-0.2, 0) is 45.7 Å². The summed E-state index contributed by atoms with van der Waals surface area (Å²) in [6, 6.07) is 0. The fraction of sp³-hybridized carbons (Fsp3) is 0.979. The summed E-state index contributed by atoms with van der Waals surface area (Å²) < 4.78 is 57.7. The Morgan fingerprint density at radius 2 is 0.742 bits per heavy atom. The van der Waals surface area contributed by atoms with Gasteiger partial charge in [0.1, 0.15) is 0 Å². The van der Waals surface area contributed by atoms with Crippen LogP contribution in [-0.4, -0.2) is 86.9 Å². The molecule has 396 valence electrons. The summed E-state index contributed by atoms with van der Waals surface area (Å²) in [6.45, 7) is 31.5. The standard InChI is InChI=1S/C48H100O10P4S4/c1-15-23-27-44(19-5)33-51-59(52-34-45(20-6)28-24-16-2)64-37-41(11)57-62(66-39-43(13)56-61(55-40(9)10)63-32-31-48(49)50-14)58-42(12)38-65-60(53-35-46(21-7)29-25-17-3)54-36-47(22-8)30-26-18-4/h40-47H,15-39H2,1-14H3. The summed E-state index contributed by atoms with van der Waals surface area (Å²) in [5.74, 6) is 4.70. The van der Waals surface area contributed by atoms with Crippen LogP contribution in [0.2, 0.25) is 0 Å². The number of methoxy groups -OCH3 is 1. The molecule has 0 aromatic heterocycles. The van der Waals surface area contributed by atoms with Crippen molar-refractivity contribution in [3.63, 3.8) is 0 Å². The summed E-state index contributed by atoms with van der Waals surface area (Å²) in [4.78, 5) is 11.8. The van der Waals surface area contributed by atoms with Gasteiger partial charge in [-0.25, -0.2) is 0 Å². The number of rotatable bonds is 49. The van der Waals surface area contributed by atoms with Gasteiger partial charge in [-0.05, 0) is 84.0 Å². The minimum absolute atomic E-state index is 0.000703. The first-order chi connectivity index (χ1) is 31.8. The maximum absolute atomic E-state index is 11.8. The van der Waals surface area contributed by atoms with Gasteiger partial charge in [-0.15, -0.1) is 0 Å². The minimum Gasteiger partial charge on any atom is -0.469 e. The molecule has 0 saturated carbocycles. The molecule has 0 aliphatic carbocycles. The summed E-state index contributed by atoms with van der Waals surface area (Å²) in [5, 5.41) is 0. The van der Waals surface area contributed by atoms with Crippen molar-refractivity contribution in [2.24, 2.45) is 23.7 Å². The van der Waals surface area contributed by atoms with Crippen LogP contribution < -0.4 is 0 Å². The zero-order valence-corrected chi connectivity index (χ0v) is 51.1. The van der Waals surface area contributed by atoms with E-state index in [0.29, 0.717) is 41.6 Å². The second kappa shape index (κ2) is 47.0. The molecule has 0 bridgehead atoms. The quantitative estimate of drug-likeness (QED) is 0.0427. The molecule has 0 fully saturated rings. The second-order valence-corrected chi connectivity index (χ2v) is 30.5. The highest BCUT2D eigenvalue weighted by molar-refractivity contribution is 8.54. The molecule has 18 heteroatoms. The van der Waals surface area contributed by atoms with Crippen LogP contribution >= 0.6 is 75.8 Å². The Kier molecular flexibility index (Phi) is 48.6. The van der Waals surface area contributed by atoms with Gasteiger partial charge < -0.3 is 40.9 Å². The maximum Gasteiger partial charge on any atom is 0.306 e. The number of esters is 1. The number of unbranched alkanes of at least 4 members (excludes halogenated alkanes) is 4. The Morgan fingerprint density at radius 1 is 0.439 bits per heavy atom. The molecule has 0 radical (unpaired) electrons. The van der Waals surface area contributed by atoms with Gasteiger partial charge >= 0.3 is 5.97 Å². The van der Waals surface area contributed by atoms with E-state index in [2.05, 4.69) is 76.2 Å². The summed E-state index contributed by atoms with van der Waals surface area (Å²) >= 11 is 6.76. The predicted octanol–water partition coefficient (Wildman–Crippen LogP) is 19.0. The third kappa shape index (κ3) is 38.8. The van der Waals surface area contributed by atoms with Crippen molar-refractivity contribution >= 4 is 81.8 Å². The molecule has 0 saturated heterocycles. The number of carbonyl (C=O) groups excluding carboxylic acids is 1. The number of ether oxygens (including phenoxy) is 1. The average Bonchev–Trinajstić information content (AvgIpc) is 3.30. The SMILES string of the molecule is CCCCC(CC)COP(OCC(CC)CCCC)SCC(C)OP(OC(C)CSP(OCC(CC)CCCC)OCC(CC)CCCC)SCC(C)OP(OC(C)C)SCCC(=O)OC. The monoisotopic (exact) mass is 1090 g/mol. The highest BCUT2D eigenvalue weighted by Gasteiger charge is 2.27. The molecule has 0 aliphatic rings. The molecule has 66 heavy (non-hydrogen) atoms. The largest absolute Gasteiger partial charge is 0.469 e. The normalized spacial score (nSPS) is 17.2. The van der Waals surface area contributed by atoms with E-state index < -0.39 is 30.3 Å². The molecule has 10 nitrogen and oxygen atoms in total. The Balaban J connectivity index is 6.13. The first-order valence-electron chi connectivity index (χ1n) is 25.8. The van der Waals surface area contributed by atoms with Crippen molar-refractivity contribution < 1.29 is 45.7 Å². The first-order valence-corrected chi connectivity index (χ1v) is 36.9. The van der Waals surface area contributed by atoms with Crippen molar-refractivity contribution in [2.75, 3.05) is 56.5 Å². The van der Waals surface area contributed by atoms with E-state index in [0.717, 1.165) is 63.6 Å². The van der Waals surface area contributed by atoms with Gasteiger partial charge in [0.25, 0.3) is 0 Å². The van der Waals surface area contributed by atoms with Crippen LogP contribution in [0.4, 0.5) is 0 Å². The highest BCUT2D eigenvalue weighted by atomic mass is 32.7. The molecular formula is C48H100O10P4S4. The maximum atomic E-state index is 11.8. The Morgan fingerprint density at radius 3 is 1.02 bits per heavy atom. The number of carbonyl (C=O) groups is 1. The lowest BCUT2D eigenvalue weighted by atomic mass is 10.0. The van der Waals surface area contributed by atoms with Gasteiger partial charge in [0, 0.05) is 23.0 Å². The van der Waals surface area contributed by atoms with Gasteiger partial charge in [0.05, 0.1) is 64.4 Å². The van der Waals surface area contributed by atoms with E-state index in [1.807, 2.05) is 13.8 Å². The molecule has 8 atom stereocenters. The third-order valence-corrected chi connectivity index (χ3v) is 24.3. The summed E-state index contributed by atoms with van der Waals surface area (Å²) in [5.41, 5.74) is 0. The van der Waals surface area contributed by atoms with E-state index in [1.165, 1.54) is 84.2 Å². The van der Waals surface area contributed by atoms with E-state index in [-0.39, 0.29) is 30.4 Å². The zero-order chi connectivity index (χ0) is 49.4. The lowest BCUT2D eigenvalue weighted by Gasteiger charge is -2.28. The van der Waals surface area contributed by atoms with Crippen LogP contribution in [0.25, 0.3) is 0 Å². The van der Waals surface area contributed by atoms with E-state index in [1.54, 1.807) is 45.5 Å². The van der Waals surface area contributed by atoms with Gasteiger partial charge in [-0.3, -0.25) is 4.79 Å². The van der Waals surface area contributed by atoms with Crippen molar-refractivity contribution in [3.05, 3.63) is 0 Å². The summed E-state index contributed by atoms with van der Waals surface area (Å²) in [7, 11) is -3.44. The van der Waals surface area contributed by atoms with Gasteiger partial charge in [-0.1, -0.05) is 178 Å². The predicted molar refractivity (Wildman–Crippen MR) is 299 cm³/mol. The van der Waals surface area contributed by atoms with Crippen molar-refractivity contribution in [1.82, 2.24) is 0 Å². The fourth-order valence-corrected chi connectivity index (χ4v) is 19.5.